The summed E-state index contributed by atoms with van der Waals surface area (Å²) in [4.78, 5) is 0. The number of hydrogen-bond acceptors (Lipinski definition) is 2. The van der Waals surface area contributed by atoms with E-state index in [9.17, 15) is 0 Å². The van der Waals surface area contributed by atoms with Crippen LogP contribution in [-0.4, -0.2) is 0 Å². The third-order valence-electron chi connectivity index (χ3n) is 4.57. The molecule has 3 aromatic rings. The Morgan fingerprint density at radius 1 is 0.500 bits per heavy atom. The van der Waals surface area contributed by atoms with Gasteiger partial charge in [0.05, 0.1) is 0 Å². The lowest BCUT2D eigenvalue weighted by Gasteiger charge is -2.14. The van der Waals surface area contributed by atoms with Crippen LogP contribution in [0.4, 0.5) is 11.4 Å². The summed E-state index contributed by atoms with van der Waals surface area (Å²) in [6.07, 6.45) is 0. The second-order valence-electron chi connectivity index (χ2n) is 6.64. The smallest absolute Gasteiger partial charge is 0.0319 e. The number of rotatable bonds is 2. The van der Waals surface area contributed by atoms with E-state index in [1.54, 1.807) is 0 Å². The highest BCUT2D eigenvalue weighted by atomic mass is 14.5. The predicted octanol–water partition coefficient (Wildman–Crippen LogP) is 5.42. The summed E-state index contributed by atoms with van der Waals surface area (Å²) in [5, 5.41) is 0. The van der Waals surface area contributed by atoms with E-state index in [2.05, 4.69) is 52.0 Å². The number of nitrogens with two attached hydrogens (primary N) is 2. The minimum atomic E-state index is 0.818. The Labute approximate surface area is 144 Å². The van der Waals surface area contributed by atoms with Crippen LogP contribution in [0.3, 0.4) is 0 Å². The van der Waals surface area contributed by atoms with Crippen molar-refractivity contribution in [1.82, 2.24) is 0 Å². The third kappa shape index (κ3) is 2.88. The Balaban J connectivity index is 2.07. The summed E-state index contributed by atoms with van der Waals surface area (Å²) < 4.78 is 0. The Morgan fingerprint density at radius 2 is 0.750 bits per heavy atom. The Hall–Kier alpha value is -2.74. The van der Waals surface area contributed by atoms with Crippen LogP contribution >= 0.6 is 0 Å². The van der Waals surface area contributed by atoms with Gasteiger partial charge in [0.2, 0.25) is 0 Å². The molecular formula is C22H24N2. The van der Waals surface area contributed by atoms with Crippen molar-refractivity contribution in [3.8, 4) is 22.3 Å². The molecule has 24 heavy (non-hydrogen) atoms. The van der Waals surface area contributed by atoms with E-state index in [0.717, 1.165) is 11.4 Å². The maximum atomic E-state index is 5.94. The van der Waals surface area contributed by atoms with Crippen molar-refractivity contribution >= 4 is 11.4 Å². The van der Waals surface area contributed by atoms with Crippen molar-refractivity contribution < 1.29 is 0 Å². The van der Waals surface area contributed by atoms with Crippen molar-refractivity contribution in [2.75, 3.05) is 11.5 Å². The molecule has 0 aliphatic heterocycles. The van der Waals surface area contributed by atoms with E-state index in [-0.39, 0.29) is 0 Å². The van der Waals surface area contributed by atoms with E-state index in [4.69, 9.17) is 11.5 Å². The lowest BCUT2D eigenvalue weighted by molar-refractivity contribution is 1.37. The molecule has 0 aromatic heterocycles. The molecule has 3 rings (SSSR count). The fourth-order valence-electron chi connectivity index (χ4n) is 3.71. The molecule has 0 amide bonds. The highest BCUT2D eigenvalue weighted by Gasteiger charge is 2.10. The molecule has 2 heteroatoms. The van der Waals surface area contributed by atoms with Crippen LogP contribution in [0.2, 0.25) is 0 Å². The molecule has 4 N–H and O–H groups in total. The summed E-state index contributed by atoms with van der Waals surface area (Å²) in [5.74, 6) is 0. The zero-order chi connectivity index (χ0) is 17.4. The molecule has 0 aliphatic rings. The molecule has 3 aromatic carbocycles. The Morgan fingerprint density at radius 3 is 1.00 bits per heavy atom. The van der Waals surface area contributed by atoms with Crippen molar-refractivity contribution in [3.05, 3.63) is 70.8 Å². The molecule has 0 saturated carbocycles. The van der Waals surface area contributed by atoms with Gasteiger partial charge in [0.25, 0.3) is 0 Å². The number of benzene rings is 3. The first-order valence-corrected chi connectivity index (χ1v) is 8.21. The lowest BCUT2D eigenvalue weighted by Crippen LogP contribution is -1.94. The minimum Gasteiger partial charge on any atom is -0.399 e. The summed E-state index contributed by atoms with van der Waals surface area (Å²) in [5.41, 5.74) is 23.3. The average molecular weight is 316 g/mol. The van der Waals surface area contributed by atoms with E-state index in [1.807, 2.05) is 24.3 Å². The first-order valence-electron chi connectivity index (χ1n) is 8.21. The van der Waals surface area contributed by atoms with Crippen molar-refractivity contribution in [3.63, 3.8) is 0 Å². The first kappa shape index (κ1) is 16.1. The molecular weight excluding hydrogens is 292 g/mol. The second-order valence-corrected chi connectivity index (χ2v) is 6.64. The largest absolute Gasteiger partial charge is 0.399 e. The highest BCUT2D eigenvalue weighted by Crippen LogP contribution is 2.33. The fraction of sp³-hybridized carbons (Fsp3) is 0.182. The summed E-state index contributed by atoms with van der Waals surface area (Å²) in [7, 11) is 0. The molecule has 0 bridgehead atoms. The molecule has 0 heterocycles. The van der Waals surface area contributed by atoms with Crippen LogP contribution < -0.4 is 11.5 Å². The van der Waals surface area contributed by atoms with E-state index < -0.39 is 0 Å². The average Bonchev–Trinajstić information content (AvgIpc) is 2.46. The molecule has 0 spiro atoms. The van der Waals surface area contributed by atoms with Crippen LogP contribution in [-0.2, 0) is 0 Å². The Kier molecular flexibility index (Phi) is 4.06. The van der Waals surface area contributed by atoms with E-state index in [1.165, 1.54) is 44.5 Å². The van der Waals surface area contributed by atoms with Gasteiger partial charge in [0.15, 0.2) is 0 Å². The van der Waals surface area contributed by atoms with E-state index >= 15 is 0 Å². The first-order chi connectivity index (χ1) is 11.4. The quantitative estimate of drug-likeness (QED) is 0.620. The molecule has 2 nitrogen and oxygen atoms in total. The molecule has 0 radical (unpaired) electrons. The van der Waals surface area contributed by atoms with Gasteiger partial charge < -0.3 is 11.5 Å². The van der Waals surface area contributed by atoms with Crippen molar-refractivity contribution in [1.29, 1.82) is 0 Å². The van der Waals surface area contributed by atoms with Gasteiger partial charge >= 0.3 is 0 Å². The van der Waals surface area contributed by atoms with Crippen molar-refractivity contribution in [2.45, 2.75) is 27.7 Å². The minimum absolute atomic E-state index is 0.818. The van der Waals surface area contributed by atoms with Gasteiger partial charge in [-0.05, 0) is 96.5 Å². The summed E-state index contributed by atoms with van der Waals surface area (Å²) in [6, 6.07) is 16.9. The van der Waals surface area contributed by atoms with Crippen LogP contribution in [0.25, 0.3) is 22.3 Å². The van der Waals surface area contributed by atoms with Gasteiger partial charge in [-0.15, -0.1) is 0 Å². The normalized spacial score (nSPS) is 10.8. The fourth-order valence-corrected chi connectivity index (χ4v) is 3.71. The zero-order valence-corrected chi connectivity index (χ0v) is 14.8. The molecule has 0 saturated heterocycles. The third-order valence-corrected chi connectivity index (χ3v) is 4.57. The number of nitrogen functional groups attached to an aromatic ring is 2. The molecule has 0 fully saturated rings. The summed E-state index contributed by atoms with van der Waals surface area (Å²) >= 11 is 0. The molecule has 0 aliphatic carbocycles. The van der Waals surface area contributed by atoms with Gasteiger partial charge in [-0.2, -0.15) is 0 Å². The van der Waals surface area contributed by atoms with Crippen LogP contribution in [0.1, 0.15) is 22.3 Å². The number of aryl methyl sites for hydroxylation is 4. The molecule has 0 unspecified atom stereocenters. The molecule has 0 atom stereocenters. The predicted molar refractivity (Wildman–Crippen MR) is 105 cm³/mol. The standard InChI is InChI=1S/C22H24N2/c1-13-9-19(23)10-14(2)21(13)17-5-7-18(8-6-17)22-15(3)11-20(24)12-16(22)4/h5-12H,23-24H2,1-4H3. The number of anilines is 2. The number of hydrogen-bond donors (Lipinski definition) is 2. The van der Waals surface area contributed by atoms with Crippen LogP contribution in [0.5, 0.6) is 0 Å². The van der Waals surface area contributed by atoms with Crippen molar-refractivity contribution in [2.24, 2.45) is 0 Å². The topological polar surface area (TPSA) is 52.0 Å². The van der Waals surface area contributed by atoms with Crippen LogP contribution in [0.15, 0.2) is 48.5 Å². The Bertz CT molecular complexity index is 783. The van der Waals surface area contributed by atoms with E-state index in [0.29, 0.717) is 0 Å². The van der Waals surface area contributed by atoms with Gasteiger partial charge in [-0.3, -0.25) is 0 Å². The lowest BCUT2D eigenvalue weighted by atomic mass is 9.91. The molecule has 122 valence electrons. The van der Waals surface area contributed by atoms with Gasteiger partial charge in [-0.1, -0.05) is 24.3 Å². The zero-order valence-electron chi connectivity index (χ0n) is 14.8. The second kappa shape index (κ2) is 6.04. The maximum absolute atomic E-state index is 5.94. The van der Waals surface area contributed by atoms with Gasteiger partial charge in [0, 0.05) is 11.4 Å². The van der Waals surface area contributed by atoms with Crippen LogP contribution in [0, 0.1) is 27.7 Å². The maximum Gasteiger partial charge on any atom is 0.0319 e. The highest BCUT2D eigenvalue weighted by molar-refractivity contribution is 5.78. The monoisotopic (exact) mass is 316 g/mol. The summed E-state index contributed by atoms with van der Waals surface area (Å²) in [6.45, 7) is 8.45. The van der Waals surface area contributed by atoms with Gasteiger partial charge in [-0.25, -0.2) is 0 Å². The van der Waals surface area contributed by atoms with Gasteiger partial charge in [0.1, 0.15) is 0 Å². The SMILES string of the molecule is Cc1cc(N)cc(C)c1-c1ccc(-c2c(C)cc(N)cc2C)cc1.